The maximum Gasteiger partial charge on any atom is 0.324 e. The van der Waals surface area contributed by atoms with Crippen LogP contribution in [0.1, 0.15) is 25.3 Å². The Morgan fingerprint density at radius 2 is 1.91 bits per heavy atom. The van der Waals surface area contributed by atoms with Gasteiger partial charge in [-0.2, -0.15) is 0 Å². The third-order valence-corrected chi connectivity index (χ3v) is 4.66. The molecule has 122 valence electrons. The summed E-state index contributed by atoms with van der Waals surface area (Å²) < 4.78 is 15.7. The van der Waals surface area contributed by atoms with Crippen molar-refractivity contribution < 1.29 is 23.8 Å². The number of hydrogen-bond acceptors (Lipinski definition) is 5. The Morgan fingerprint density at radius 3 is 2.48 bits per heavy atom. The Balaban J connectivity index is 1.98. The van der Waals surface area contributed by atoms with E-state index in [0.717, 1.165) is 11.1 Å². The van der Waals surface area contributed by atoms with Crippen LogP contribution in [0.25, 0.3) is 6.08 Å². The molecule has 2 saturated carbocycles. The quantitative estimate of drug-likeness (QED) is 0.617. The van der Waals surface area contributed by atoms with Gasteiger partial charge < -0.3 is 14.2 Å². The summed E-state index contributed by atoms with van der Waals surface area (Å²) in [5.41, 5.74) is 0.663. The number of carbonyl (C=O) groups is 2. The lowest BCUT2D eigenvalue weighted by Gasteiger charge is -2.10. The molecule has 0 heterocycles. The van der Waals surface area contributed by atoms with Crippen LogP contribution in [0, 0.1) is 11.3 Å². The number of ketones is 1. The summed E-state index contributed by atoms with van der Waals surface area (Å²) in [5.74, 6) is 0.874. The first kappa shape index (κ1) is 15.6. The van der Waals surface area contributed by atoms with Gasteiger partial charge in [-0.15, -0.1) is 0 Å². The van der Waals surface area contributed by atoms with Gasteiger partial charge in [0.1, 0.15) is 11.5 Å². The Kier molecular flexibility index (Phi) is 3.88. The van der Waals surface area contributed by atoms with E-state index in [9.17, 15) is 9.59 Å². The van der Waals surface area contributed by atoms with Gasteiger partial charge in [0, 0.05) is 18.4 Å². The Bertz CT molecular complexity index is 668. The highest BCUT2D eigenvalue weighted by atomic mass is 16.5. The van der Waals surface area contributed by atoms with Gasteiger partial charge >= 0.3 is 5.97 Å². The third kappa shape index (κ3) is 2.31. The van der Waals surface area contributed by atoms with Gasteiger partial charge in [-0.05, 0) is 36.6 Å². The number of Topliss-reactive ketones (excluding diaryl/α,β-unsaturated/α-hetero) is 1. The molecule has 0 spiro atoms. The molecule has 0 aromatic heterocycles. The van der Waals surface area contributed by atoms with Gasteiger partial charge in [0.15, 0.2) is 11.2 Å². The lowest BCUT2D eigenvalue weighted by molar-refractivity contribution is -0.152. The lowest BCUT2D eigenvalue weighted by atomic mass is 10.00. The van der Waals surface area contributed by atoms with Crippen LogP contribution < -0.4 is 9.47 Å². The van der Waals surface area contributed by atoms with E-state index in [2.05, 4.69) is 0 Å². The maximum atomic E-state index is 12.3. The topological polar surface area (TPSA) is 61.8 Å². The van der Waals surface area contributed by atoms with E-state index in [4.69, 9.17) is 14.2 Å². The summed E-state index contributed by atoms with van der Waals surface area (Å²) in [6.45, 7) is 2.03. The van der Waals surface area contributed by atoms with E-state index in [1.165, 1.54) is 0 Å². The van der Waals surface area contributed by atoms with Crippen molar-refractivity contribution in [3.05, 3.63) is 29.3 Å². The van der Waals surface area contributed by atoms with Crippen molar-refractivity contribution in [1.82, 2.24) is 0 Å². The zero-order chi connectivity index (χ0) is 16.6. The molecule has 0 N–H and O–H groups in total. The molecule has 0 bridgehead atoms. The molecule has 5 heteroatoms. The fourth-order valence-corrected chi connectivity index (χ4v) is 3.54. The van der Waals surface area contributed by atoms with Crippen molar-refractivity contribution in [2.24, 2.45) is 11.3 Å². The number of rotatable bonds is 5. The van der Waals surface area contributed by atoms with E-state index in [0.29, 0.717) is 24.3 Å². The van der Waals surface area contributed by atoms with E-state index in [1.807, 2.05) is 18.2 Å². The van der Waals surface area contributed by atoms with Gasteiger partial charge in [0.05, 0.1) is 20.8 Å². The second-order valence-electron chi connectivity index (χ2n) is 5.79. The normalized spacial score (nSPS) is 26.8. The first-order chi connectivity index (χ1) is 11.1. The minimum atomic E-state index is -1.04. The zero-order valence-corrected chi connectivity index (χ0v) is 13.5. The molecule has 1 aromatic carbocycles. The molecule has 1 aromatic rings. The monoisotopic (exact) mass is 316 g/mol. The van der Waals surface area contributed by atoms with Crippen molar-refractivity contribution in [3.63, 3.8) is 0 Å². The fourth-order valence-electron chi connectivity index (χ4n) is 3.54. The lowest BCUT2D eigenvalue weighted by Crippen LogP contribution is -2.26. The fraction of sp³-hybridized carbons (Fsp3) is 0.444. The summed E-state index contributed by atoms with van der Waals surface area (Å²) in [6, 6.07) is 5.49. The number of fused-ring (bicyclic) bond motifs is 1. The number of methoxy groups -OCH3 is 2. The van der Waals surface area contributed by atoms with Crippen LogP contribution in [0.15, 0.2) is 23.8 Å². The SMILES string of the molecule is CCOC(=O)C12C(=O)CCC1/C2=C\c1cc(OC)cc(OC)c1. The highest BCUT2D eigenvalue weighted by Gasteiger charge is 2.73. The molecular formula is C18H20O5. The predicted molar refractivity (Wildman–Crippen MR) is 84.3 cm³/mol. The van der Waals surface area contributed by atoms with Gasteiger partial charge in [-0.1, -0.05) is 6.08 Å². The Morgan fingerprint density at radius 1 is 1.26 bits per heavy atom. The molecule has 2 fully saturated rings. The summed E-state index contributed by atoms with van der Waals surface area (Å²) in [7, 11) is 3.17. The number of esters is 1. The minimum Gasteiger partial charge on any atom is -0.497 e. The second-order valence-corrected chi connectivity index (χ2v) is 5.79. The molecule has 3 rings (SSSR count). The zero-order valence-electron chi connectivity index (χ0n) is 13.5. The molecule has 2 unspecified atom stereocenters. The van der Waals surface area contributed by atoms with Crippen LogP contribution in [0.2, 0.25) is 0 Å². The van der Waals surface area contributed by atoms with E-state index in [1.54, 1.807) is 27.2 Å². The van der Waals surface area contributed by atoms with Crippen LogP contribution >= 0.6 is 0 Å². The Hall–Kier alpha value is -2.30. The molecule has 23 heavy (non-hydrogen) atoms. The molecule has 0 amide bonds. The van der Waals surface area contributed by atoms with Crippen molar-refractivity contribution in [2.75, 3.05) is 20.8 Å². The van der Waals surface area contributed by atoms with E-state index < -0.39 is 11.4 Å². The standard InChI is InChI=1S/C18H20O5/c1-4-23-17(20)18-14(5-6-16(18)19)15(18)9-11-7-12(21-2)10-13(8-11)22-3/h7-10,14H,4-6H2,1-3H3/b15-9+. The average Bonchev–Trinajstić information content (AvgIpc) is 3.05. The van der Waals surface area contributed by atoms with Crippen LogP contribution in [-0.2, 0) is 14.3 Å². The van der Waals surface area contributed by atoms with E-state index >= 15 is 0 Å². The van der Waals surface area contributed by atoms with Gasteiger partial charge in [-0.3, -0.25) is 9.59 Å². The number of benzene rings is 1. The van der Waals surface area contributed by atoms with Gasteiger partial charge in [0.2, 0.25) is 0 Å². The molecular weight excluding hydrogens is 296 g/mol. The highest BCUT2D eigenvalue weighted by molar-refractivity contribution is 6.16. The van der Waals surface area contributed by atoms with Crippen LogP contribution in [0.4, 0.5) is 0 Å². The average molecular weight is 316 g/mol. The molecule has 2 aliphatic rings. The summed E-state index contributed by atoms with van der Waals surface area (Å²) in [6.07, 6.45) is 3.05. The second kappa shape index (κ2) is 5.72. The molecule has 0 aliphatic heterocycles. The van der Waals surface area contributed by atoms with Crippen molar-refractivity contribution in [3.8, 4) is 11.5 Å². The predicted octanol–water partition coefficient (Wildman–Crippen LogP) is 2.63. The van der Waals surface area contributed by atoms with E-state index in [-0.39, 0.29) is 18.3 Å². The first-order valence-electron chi connectivity index (χ1n) is 7.73. The van der Waals surface area contributed by atoms with Gasteiger partial charge in [0.25, 0.3) is 0 Å². The summed E-state index contributed by atoms with van der Waals surface area (Å²) in [5, 5.41) is 0. The van der Waals surface area contributed by atoms with Crippen molar-refractivity contribution in [1.29, 1.82) is 0 Å². The van der Waals surface area contributed by atoms with Crippen molar-refractivity contribution in [2.45, 2.75) is 19.8 Å². The smallest absolute Gasteiger partial charge is 0.324 e. The highest BCUT2D eigenvalue weighted by Crippen LogP contribution is 2.67. The largest absolute Gasteiger partial charge is 0.497 e. The molecule has 2 aliphatic carbocycles. The van der Waals surface area contributed by atoms with Gasteiger partial charge in [-0.25, -0.2) is 0 Å². The van der Waals surface area contributed by atoms with Crippen LogP contribution in [0.3, 0.4) is 0 Å². The molecule has 5 nitrogen and oxygen atoms in total. The summed E-state index contributed by atoms with van der Waals surface area (Å²) >= 11 is 0. The molecule has 0 radical (unpaired) electrons. The van der Waals surface area contributed by atoms with Crippen molar-refractivity contribution >= 4 is 17.8 Å². The Labute approximate surface area is 135 Å². The van der Waals surface area contributed by atoms with Crippen LogP contribution in [-0.4, -0.2) is 32.6 Å². The molecule has 2 atom stereocenters. The summed E-state index contributed by atoms with van der Waals surface area (Å²) in [4.78, 5) is 24.6. The maximum absolute atomic E-state index is 12.3. The first-order valence-corrected chi connectivity index (χ1v) is 7.73. The number of ether oxygens (including phenoxy) is 3. The third-order valence-electron chi connectivity index (χ3n) is 4.66. The number of carbonyl (C=O) groups excluding carboxylic acids is 2. The minimum absolute atomic E-state index is 0.0220. The number of hydrogen-bond donors (Lipinski definition) is 0. The molecule has 0 saturated heterocycles. The van der Waals surface area contributed by atoms with Crippen LogP contribution in [0.5, 0.6) is 11.5 Å².